The maximum Gasteiger partial charge on any atom is 2.00 e. The zero-order valence-electron chi connectivity index (χ0n) is 49.7. The topological polar surface area (TPSA) is 506 Å². The molecule has 4 aromatic rings. The van der Waals surface area contributed by atoms with Crippen LogP contribution in [0.15, 0.2) is 117 Å². The van der Waals surface area contributed by atoms with Crippen LogP contribution in [0.3, 0.4) is 0 Å². The van der Waals surface area contributed by atoms with Crippen molar-refractivity contribution < 1.29 is 119 Å². The van der Waals surface area contributed by atoms with Crippen molar-refractivity contribution in [1.82, 2.24) is 21.7 Å². The summed E-state index contributed by atoms with van der Waals surface area (Å²) in [6.07, 6.45) is 16.1. The molecule has 0 heterocycles. The average Bonchev–Trinajstić information content (AvgIpc) is 3.67. The van der Waals surface area contributed by atoms with Crippen LogP contribution in [-0.2, 0) is 58.1 Å². The second kappa shape index (κ2) is 68.2. The molecule has 4 amide bonds. The molecule has 32 heteroatoms. The van der Waals surface area contributed by atoms with Gasteiger partial charge in [-0.3, -0.25) is 19.2 Å². The molecule has 0 aliphatic carbocycles. The molecule has 4 aromatic carbocycles. The number of aliphatic hydroxyl groups excluding tert-OH is 6. The molecule has 0 spiro atoms. The number of carbonyl (C=O) groups excluding carboxylic acids is 4. The molecule has 4 rings (SSSR count). The number of amides is 4. The number of carbonyl (C=O) groups is 4. The van der Waals surface area contributed by atoms with Crippen LogP contribution in [-0.4, -0.2) is 139 Å². The standard InChI is InChI=1S/4C13H18N2O3.2C2H6O.2NO3.2Zn/c4*16-9-5-1-2-8-13(18)15-14-10-11-6-3-4-7-12(11)17;2*1-2-3;2*2-1(3)4;;/h4*3-4,6-7,10,16-17H,1-2,5,8-9H2,(H,15,18);2*3H,2H2,1H3;;;;/q;;;;;;2*-1;2*+2/p-2/b4*14-10+;;;;;;. The molecule has 88 heavy (non-hydrogen) atoms. The molecule has 0 fully saturated rings. The van der Waals surface area contributed by atoms with Crippen LogP contribution >= 0.6 is 0 Å². The summed E-state index contributed by atoms with van der Waals surface area (Å²) in [6, 6.07) is 26.4. The summed E-state index contributed by atoms with van der Waals surface area (Å²) in [5.41, 5.74) is 11.5. The molecule has 0 aliphatic rings. The van der Waals surface area contributed by atoms with Gasteiger partial charge >= 0.3 is 39.0 Å². The Bertz CT molecular complexity index is 2190. The van der Waals surface area contributed by atoms with Gasteiger partial charge in [-0.15, -0.1) is 0 Å². The molecule has 12 N–H and O–H groups in total. The van der Waals surface area contributed by atoms with Crippen molar-refractivity contribution in [2.45, 2.75) is 117 Å². The Morgan fingerprint density at radius 1 is 0.386 bits per heavy atom. The van der Waals surface area contributed by atoms with Gasteiger partial charge in [-0.05, 0) is 101 Å². The number of hydrogen-bond acceptors (Lipinski definition) is 24. The number of rotatable bonds is 28. The second-order valence-electron chi connectivity index (χ2n) is 16.6. The molecule has 0 saturated carbocycles. The third kappa shape index (κ3) is 65.6. The Morgan fingerprint density at radius 3 is 0.784 bits per heavy atom. The molecular formula is C56H82N10O20Zn2. The molecular weight excluding hydrogens is 1260 g/mol. The van der Waals surface area contributed by atoms with E-state index in [2.05, 4.69) is 42.1 Å². The first-order valence-electron chi connectivity index (χ1n) is 26.9. The quantitative estimate of drug-likeness (QED) is 0.0126. The van der Waals surface area contributed by atoms with E-state index in [4.69, 9.17) is 61.3 Å². The summed E-state index contributed by atoms with van der Waals surface area (Å²) in [6.45, 7) is 4.49. The van der Waals surface area contributed by atoms with Gasteiger partial charge in [-0.25, -0.2) is 21.7 Å². The SMILES string of the molecule is CCO.CCO.O=C(CCCCCO)N/N=C/c1ccccc1O.O=C(CCCCCO)N/N=C/c1ccccc1O.O=C(CCCCCO)N/N=C/c1ccccc1[O-].O=C(CCCCCO)N/N=C/c1ccccc1[O-].O=[N+]([O-])[O-].O=[N+]([O-])[O-].[Zn+2].[Zn+2]. The minimum Gasteiger partial charge on any atom is -0.872 e. The first kappa shape index (κ1) is 91.2. The molecule has 0 saturated heterocycles. The summed E-state index contributed by atoms with van der Waals surface area (Å²) in [4.78, 5) is 61.8. The van der Waals surface area contributed by atoms with E-state index >= 15 is 0 Å². The fourth-order valence-corrected chi connectivity index (χ4v) is 5.58. The fraction of sp³-hybridized carbons (Fsp3) is 0.429. The van der Waals surface area contributed by atoms with Crippen LogP contribution in [0.4, 0.5) is 0 Å². The van der Waals surface area contributed by atoms with Crippen LogP contribution in [0.5, 0.6) is 23.0 Å². The predicted octanol–water partition coefficient (Wildman–Crippen LogP) is 3.83. The average molecular weight is 1350 g/mol. The van der Waals surface area contributed by atoms with Crippen molar-refractivity contribution >= 4 is 48.5 Å². The zero-order valence-corrected chi connectivity index (χ0v) is 55.6. The van der Waals surface area contributed by atoms with E-state index in [1.807, 2.05) is 0 Å². The molecule has 30 nitrogen and oxygen atoms in total. The van der Waals surface area contributed by atoms with Gasteiger partial charge in [0.2, 0.25) is 23.6 Å². The first-order chi connectivity index (χ1) is 41.2. The second-order valence-corrected chi connectivity index (χ2v) is 16.6. The van der Waals surface area contributed by atoms with E-state index < -0.39 is 10.2 Å². The molecule has 0 bridgehead atoms. The molecule has 0 radical (unpaired) electrons. The number of phenols is 2. The monoisotopic (exact) mass is 1340 g/mol. The van der Waals surface area contributed by atoms with Crippen molar-refractivity contribution in [3.05, 3.63) is 150 Å². The first-order valence-corrected chi connectivity index (χ1v) is 26.9. The van der Waals surface area contributed by atoms with Gasteiger partial charge in [0.25, 0.3) is 0 Å². The van der Waals surface area contributed by atoms with Gasteiger partial charge in [0.15, 0.2) is 0 Å². The number of hydrogen-bond donors (Lipinski definition) is 12. The number of aromatic hydroxyl groups is 2. The summed E-state index contributed by atoms with van der Waals surface area (Å²) in [5.74, 6) is -0.715. The summed E-state index contributed by atoms with van der Waals surface area (Å²) in [7, 11) is 0. The van der Waals surface area contributed by atoms with E-state index in [1.165, 1.54) is 37.0 Å². The Hall–Kier alpha value is -7.95. The molecule has 0 unspecified atom stereocenters. The van der Waals surface area contributed by atoms with Crippen molar-refractivity contribution in [2.75, 3.05) is 39.6 Å². The van der Waals surface area contributed by atoms with Crippen LogP contribution < -0.4 is 31.9 Å². The summed E-state index contributed by atoms with van der Waals surface area (Å²) < 4.78 is 0. The molecule has 0 aliphatic heterocycles. The van der Waals surface area contributed by atoms with Crippen LogP contribution in [0.1, 0.15) is 139 Å². The van der Waals surface area contributed by atoms with Gasteiger partial charge in [-0.1, -0.05) is 110 Å². The molecule has 480 valence electrons. The van der Waals surface area contributed by atoms with Gasteiger partial charge < -0.3 is 81.7 Å². The maximum absolute atomic E-state index is 11.3. The molecule has 0 aromatic heterocycles. The van der Waals surface area contributed by atoms with Gasteiger partial charge in [-0.2, -0.15) is 20.4 Å². The number of benzene rings is 4. The minimum absolute atomic E-state index is 0. The minimum atomic E-state index is -1.75. The Morgan fingerprint density at radius 2 is 0.580 bits per heavy atom. The van der Waals surface area contributed by atoms with E-state index in [-0.39, 0.29) is 125 Å². The van der Waals surface area contributed by atoms with Gasteiger partial charge in [0.1, 0.15) is 11.5 Å². The van der Waals surface area contributed by atoms with Crippen molar-refractivity contribution in [2.24, 2.45) is 20.4 Å². The number of aliphatic hydroxyl groups is 6. The summed E-state index contributed by atoms with van der Waals surface area (Å²) in [5, 5.41) is 135. The Labute approximate surface area is 536 Å². The van der Waals surface area contributed by atoms with Gasteiger partial charge in [0.05, 0.1) is 35.0 Å². The van der Waals surface area contributed by atoms with Crippen molar-refractivity contribution in [1.29, 1.82) is 0 Å². The van der Waals surface area contributed by atoms with Gasteiger partial charge in [0, 0.05) is 76.5 Å². The van der Waals surface area contributed by atoms with Crippen LogP contribution in [0.25, 0.3) is 0 Å². The Balaban J connectivity index is -0.000000235. The normalized spacial score (nSPS) is 9.73. The van der Waals surface area contributed by atoms with Crippen molar-refractivity contribution in [3.8, 4) is 23.0 Å². The van der Waals surface area contributed by atoms with E-state index in [0.29, 0.717) is 73.6 Å². The third-order valence-electron chi connectivity index (χ3n) is 9.53. The number of nitrogens with zero attached hydrogens (tertiary/aromatic N) is 6. The number of unbranched alkanes of at least 4 members (excludes halogenated alkanes) is 8. The number of phenolic OH excluding ortho intramolecular Hbond substituents is 2. The van der Waals surface area contributed by atoms with Crippen LogP contribution in [0.2, 0.25) is 0 Å². The van der Waals surface area contributed by atoms with E-state index in [1.54, 1.807) is 98.8 Å². The smallest absolute Gasteiger partial charge is 0.872 e. The predicted molar refractivity (Wildman–Crippen MR) is 319 cm³/mol. The van der Waals surface area contributed by atoms with E-state index in [9.17, 15) is 39.6 Å². The third-order valence-corrected chi connectivity index (χ3v) is 9.53. The van der Waals surface area contributed by atoms with Crippen molar-refractivity contribution in [3.63, 3.8) is 0 Å². The van der Waals surface area contributed by atoms with Crippen LogP contribution in [0, 0.1) is 30.6 Å². The summed E-state index contributed by atoms with van der Waals surface area (Å²) >= 11 is 0. The van der Waals surface area contributed by atoms with E-state index in [0.717, 1.165) is 51.4 Å². The number of para-hydroxylation sites is 4. The number of nitrogens with one attached hydrogen (secondary N) is 4. The molecule has 0 atom stereocenters. The fourth-order valence-electron chi connectivity index (χ4n) is 5.58. The Kier molecular flexibility index (Phi) is 70.7. The largest absolute Gasteiger partial charge is 2.00 e. The maximum atomic E-state index is 11.3. The number of hydrazone groups is 4. The zero-order chi connectivity index (χ0) is 65.4.